The Labute approximate surface area is 123 Å². The maximum atomic E-state index is 12.4. The number of hydrogen-bond acceptors (Lipinski definition) is 5. The third-order valence-corrected chi connectivity index (χ3v) is 4.07. The van der Waals surface area contributed by atoms with E-state index in [4.69, 9.17) is 17.4 Å². The number of rotatable bonds is 3. The Morgan fingerprint density at radius 2 is 2.20 bits per heavy atom. The Kier molecular flexibility index (Phi) is 4.80. The molecule has 3 N–H and O–H groups in total. The van der Waals surface area contributed by atoms with Gasteiger partial charge in [0, 0.05) is 19.3 Å². The molecule has 0 radical (unpaired) electrons. The summed E-state index contributed by atoms with van der Waals surface area (Å²) in [6, 6.07) is 1.86. The van der Waals surface area contributed by atoms with Crippen LogP contribution in [0.5, 0.6) is 0 Å². The summed E-state index contributed by atoms with van der Waals surface area (Å²) in [6.45, 7) is 2.02. The predicted octanol–water partition coefficient (Wildman–Crippen LogP) is 1.19. The summed E-state index contributed by atoms with van der Waals surface area (Å²) in [4.78, 5) is 20.5. The Hall–Kier alpha value is -1.37. The maximum absolute atomic E-state index is 12.4. The SMILES string of the molecule is CN1CCC(N(C)C(=O)c2cnc(NN)c(Cl)c2)CC1. The van der Waals surface area contributed by atoms with Gasteiger partial charge >= 0.3 is 0 Å². The van der Waals surface area contributed by atoms with Gasteiger partial charge in [0.2, 0.25) is 0 Å². The third kappa shape index (κ3) is 3.20. The van der Waals surface area contributed by atoms with E-state index in [0.29, 0.717) is 16.4 Å². The van der Waals surface area contributed by atoms with E-state index < -0.39 is 0 Å². The van der Waals surface area contributed by atoms with Gasteiger partial charge in [0.1, 0.15) is 0 Å². The first kappa shape index (κ1) is 15.0. The van der Waals surface area contributed by atoms with Crippen molar-refractivity contribution in [2.75, 3.05) is 32.6 Å². The van der Waals surface area contributed by atoms with Gasteiger partial charge in [-0.1, -0.05) is 11.6 Å². The van der Waals surface area contributed by atoms with Crippen LogP contribution in [0, 0.1) is 0 Å². The predicted molar refractivity (Wildman–Crippen MR) is 79.7 cm³/mol. The molecule has 110 valence electrons. The molecule has 0 saturated carbocycles. The largest absolute Gasteiger partial charge is 0.339 e. The number of pyridine rings is 1. The molecule has 1 aliphatic heterocycles. The number of nitrogens with one attached hydrogen (secondary N) is 1. The number of anilines is 1. The highest BCUT2D eigenvalue weighted by molar-refractivity contribution is 6.33. The number of nitrogens with two attached hydrogens (primary N) is 1. The highest BCUT2D eigenvalue weighted by atomic mass is 35.5. The first-order chi connectivity index (χ1) is 9.52. The van der Waals surface area contributed by atoms with Crippen LogP contribution in [0.4, 0.5) is 5.82 Å². The summed E-state index contributed by atoms with van der Waals surface area (Å²) in [5.74, 6) is 5.58. The second-order valence-corrected chi connectivity index (χ2v) is 5.56. The Balaban J connectivity index is 2.08. The van der Waals surface area contributed by atoms with E-state index >= 15 is 0 Å². The summed E-state index contributed by atoms with van der Waals surface area (Å²) in [7, 11) is 3.93. The Bertz CT molecular complexity index is 488. The average molecular weight is 298 g/mol. The van der Waals surface area contributed by atoms with E-state index in [0.717, 1.165) is 25.9 Å². The molecular formula is C13H20ClN5O. The summed E-state index contributed by atoms with van der Waals surface area (Å²) in [5, 5.41) is 0.343. The molecule has 0 aromatic carbocycles. The minimum absolute atomic E-state index is 0.0578. The topological polar surface area (TPSA) is 74.5 Å². The molecule has 1 amide bonds. The molecule has 1 saturated heterocycles. The zero-order valence-electron chi connectivity index (χ0n) is 11.8. The number of aromatic nitrogens is 1. The van der Waals surface area contributed by atoms with Crippen LogP contribution < -0.4 is 11.3 Å². The number of carbonyl (C=O) groups is 1. The zero-order valence-corrected chi connectivity index (χ0v) is 12.5. The van der Waals surface area contributed by atoms with Crippen molar-refractivity contribution < 1.29 is 4.79 Å². The van der Waals surface area contributed by atoms with Crippen molar-refractivity contribution in [1.29, 1.82) is 0 Å². The fraction of sp³-hybridized carbons (Fsp3) is 0.538. The maximum Gasteiger partial charge on any atom is 0.255 e. The van der Waals surface area contributed by atoms with Gasteiger partial charge in [-0.05, 0) is 39.0 Å². The van der Waals surface area contributed by atoms with Crippen molar-refractivity contribution in [3.63, 3.8) is 0 Å². The molecule has 2 rings (SSSR count). The fourth-order valence-corrected chi connectivity index (χ4v) is 2.63. The van der Waals surface area contributed by atoms with Gasteiger partial charge in [0.05, 0.1) is 10.6 Å². The van der Waals surface area contributed by atoms with Crippen molar-refractivity contribution in [3.05, 3.63) is 22.8 Å². The molecule has 0 bridgehead atoms. The van der Waals surface area contributed by atoms with Crippen molar-refractivity contribution in [2.24, 2.45) is 5.84 Å². The third-order valence-electron chi connectivity index (χ3n) is 3.78. The van der Waals surface area contributed by atoms with Crippen LogP contribution in [0.1, 0.15) is 23.2 Å². The molecule has 0 aliphatic carbocycles. The van der Waals surface area contributed by atoms with Crippen LogP contribution in [-0.2, 0) is 0 Å². The number of hydrazine groups is 1. The van der Waals surface area contributed by atoms with E-state index in [1.165, 1.54) is 6.20 Å². The normalized spacial score (nSPS) is 17.0. The smallest absolute Gasteiger partial charge is 0.255 e. The molecule has 0 unspecified atom stereocenters. The van der Waals surface area contributed by atoms with E-state index in [-0.39, 0.29) is 11.9 Å². The molecule has 2 heterocycles. The lowest BCUT2D eigenvalue weighted by atomic mass is 10.0. The number of carbonyl (C=O) groups excluding carboxylic acids is 1. The van der Waals surface area contributed by atoms with Crippen molar-refractivity contribution in [2.45, 2.75) is 18.9 Å². The minimum Gasteiger partial charge on any atom is -0.339 e. The van der Waals surface area contributed by atoms with Gasteiger partial charge in [-0.3, -0.25) is 4.79 Å². The van der Waals surface area contributed by atoms with Gasteiger partial charge in [0.15, 0.2) is 5.82 Å². The quantitative estimate of drug-likeness (QED) is 0.647. The number of nitrogens with zero attached hydrogens (tertiary/aromatic N) is 3. The molecule has 20 heavy (non-hydrogen) atoms. The van der Waals surface area contributed by atoms with Gasteiger partial charge in [-0.25, -0.2) is 10.8 Å². The van der Waals surface area contributed by atoms with Crippen molar-refractivity contribution in [3.8, 4) is 0 Å². The van der Waals surface area contributed by atoms with Crippen molar-refractivity contribution >= 4 is 23.3 Å². The lowest BCUT2D eigenvalue weighted by Crippen LogP contribution is -2.44. The lowest BCUT2D eigenvalue weighted by molar-refractivity contribution is 0.0659. The van der Waals surface area contributed by atoms with Gasteiger partial charge in [-0.15, -0.1) is 0 Å². The average Bonchev–Trinajstić information content (AvgIpc) is 2.46. The highest BCUT2D eigenvalue weighted by Crippen LogP contribution is 2.21. The molecule has 0 atom stereocenters. The second-order valence-electron chi connectivity index (χ2n) is 5.15. The van der Waals surface area contributed by atoms with Crippen LogP contribution in [0.25, 0.3) is 0 Å². The number of hydrogen-bond donors (Lipinski definition) is 2. The number of piperidine rings is 1. The van der Waals surface area contributed by atoms with Crippen LogP contribution in [0.2, 0.25) is 5.02 Å². The summed E-state index contributed by atoms with van der Waals surface area (Å²) >= 11 is 6.00. The highest BCUT2D eigenvalue weighted by Gasteiger charge is 2.25. The van der Waals surface area contributed by atoms with Crippen LogP contribution >= 0.6 is 11.6 Å². The van der Waals surface area contributed by atoms with Crippen LogP contribution in [-0.4, -0.2) is 53.9 Å². The Morgan fingerprint density at radius 1 is 1.55 bits per heavy atom. The molecule has 1 fully saturated rings. The number of likely N-dealkylation sites (tertiary alicyclic amines) is 1. The standard InChI is InChI=1S/C13H20ClN5O/c1-18-5-3-10(4-6-18)19(2)13(20)9-7-11(14)12(17-15)16-8-9/h7-8,10H,3-6,15H2,1-2H3,(H,16,17). The fourth-order valence-electron chi connectivity index (χ4n) is 2.41. The number of halogens is 1. The van der Waals surface area contributed by atoms with Gasteiger partial charge in [0.25, 0.3) is 5.91 Å². The first-order valence-corrected chi connectivity index (χ1v) is 6.98. The summed E-state index contributed by atoms with van der Waals surface area (Å²) in [5.41, 5.74) is 2.87. The van der Waals surface area contributed by atoms with E-state index in [2.05, 4.69) is 22.4 Å². The lowest BCUT2D eigenvalue weighted by Gasteiger charge is -2.35. The van der Waals surface area contributed by atoms with Gasteiger partial charge in [-0.2, -0.15) is 0 Å². The number of amides is 1. The minimum atomic E-state index is -0.0578. The second kappa shape index (κ2) is 6.39. The first-order valence-electron chi connectivity index (χ1n) is 6.60. The number of nitrogen functional groups attached to an aromatic ring is 1. The van der Waals surface area contributed by atoms with E-state index in [1.807, 2.05) is 7.05 Å². The Morgan fingerprint density at radius 3 is 2.75 bits per heavy atom. The monoisotopic (exact) mass is 297 g/mol. The van der Waals surface area contributed by atoms with Crippen LogP contribution in [0.3, 0.4) is 0 Å². The van der Waals surface area contributed by atoms with Crippen molar-refractivity contribution in [1.82, 2.24) is 14.8 Å². The summed E-state index contributed by atoms with van der Waals surface area (Å²) in [6.07, 6.45) is 3.47. The molecule has 0 spiro atoms. The van der Waals surface area contributed by atoms with Crippen LogP contribution in [0.15, 0.2) is 12.3 Å². The molecule has 6 nitrogen and oxygen atoms in total. The molecule has 1 aliphatic rings. The summed E-state index contributed by atoms with van der Waals surface area (Å²) < 4.78 is 0. The van der Waals surface area contributed by atoms with E-state index in [1.54, 1.807) is 11.0 Å². The molecule has 1 aromatic heterocycles. The molecule has 1 aromatic rings. The zero-order chi connectivity index (χ0) is 14.7. The molecular weight excluding hydrogens is 278 g/mol. The molecule has 7 heteroatoms. The van der Waals surface area contributed by atoms with Gasteiger partial charge < -0.3 is 15.2 Å². The van der Waals surface area contributed by atoms with E-state index in [9.17, 15) is 4.79 Å².